The Kier molecular flexibility index (Phi) is 14.6. The monoisotopic (exact) mass is 475 g/mol. The van der Waals surface area contributed by atoms with Gasteiger partial charge in [-0.3, -0.25) is 19.2 Å². The molecule has 0 spiro atoms. The number of aliphatic hydroxyl groups excluding tert-OH is 1. The molecule has 13 nitrogen and oxygen atoms in total. The molecular formula is C20H37N5O8. The zero-order valence-electron chi connectivity index (χ0n) is 19.1. The molecule has 0 aromatic carbocycles. The SMILES string of the molecule is CC(C)CC(NC(=O)C(CO)NC(=O)C(N)CCCCN)C(=O)NC(CCC(=O)O)C(=O)O. The van der Waals surface area contributed by atoms with Gasteiger partial charge in [0, 0.05) is 6.42 Å². The molecule has 0 aliphatic carbocycles. The van der Waals surface area contributed by atoms with Crippen LogP contribution in [0, 0.1) is 5.92 Å². The number of nitrogens with one attached hydrogen (secondary N) is 3. The average molecular weight is 476 g/mol. The molecule has 4 unspecified atom stereocenters. The lowest BCUT2D eigenvalue weighted by Crippen LogP contribution is -2.58. The maximum absolute atomic E-state index is 12.6. The second kappa shape index (κ2) is 15.9. The van der Waals surface area contributed by atoms with Crippen LogP contribution in [0.15, 0.2) is 0 Å². The lowest BCUT2D eigenvalue weighted by Gasteiger charge is -2.25. The molecule has 13 heteroatoms. The molecule has 0 rings (SSSR count). The minimum absolute atomic E-state index is 0.0820. The van der Waals surface area contributed by atoms with E-state index in [2.05, 4.69) is 16.0 Å². The van der Waals surface area contributed by atoms with Gasteiger partial charge in [-0.15, -0.1) is 0 Å². The Labute approximate surface area is 192 Å². The summed E-state index contributed by atoms with van der Waals surface area (Å²) in [6.07, 6.45) is 0.964. The topological polar surface area (TPSA) is 234 Å². The number of rotatable bonds is 17. The maximum Gasteiger partial charge on any atom is 0.326 e. The van der Waals surface area contributed by atoms with Crippen LogP contribution in [0.3, 0.4) is 0 Å². The fourth-order valence-corrected chi connectivity index (χ4v) is 2.89. The van der Waals surface area contributed by atoms with Gasteiger partial charge < -0.3 is 42.7 Å². The number of hydrogen-bond acceptors (Lipinski definition) is 8. The first-order chi connectivity index (χ1) is 15.4. The fraction of sp³-hybridized carbons (Fsp3) is 0.750. The van der Waals surface area contributed by atoms with Crippen LogP contribution in [0.4, 0.5) is 0 Å². The molecule has 3 amide bonds. The van der Waals surface area contributed by atoms with Crippen LogP contribution >= 0.6 is 0 Å². The molecule has 0 aliphatic heterocycles. The number of hydrogen-bond donors (Lipinski definition) is 8. The second-order valence-electron chi connectivity index (χ2n) is 8.16. The Bertz CT molecular complexity index is 673. The van der Waals surface area contributed by atoms with E-state index < -0.39 is 66.9 Å². The highest BCUT2D eigenvalue weighted by atomic mass is 16.4. The van der Waals surface area contributed by atoms with Crippen LogP contribution in [0.5, 0.6) is 0 Å². The van der Waals surface area contributed by atoms with E-state index in [-0.39, 0.29) is 18.8 Å². The van der Waals surface area contributed by atoms with E-state index in [1.165, 1.54) is 0 Å². The van der Waals surface area contributed by atoms with E-state index in [1.807, 2.05) is 0 Å². The van der Waals surface area contributed by atoms with Crippen molar-refractivity contribution >= 4 is 29.7 Å². The summed E-state index contributed by atoms with van der Waals surface area (Å²) >= 11 is 0. The zero-order valence-corrected chi connectivity index (χ0v) is 19.1. The van der Waals surface area contributed by atoms with Gasteiger partial charge in [-0.2, -0.15) is 0 Å². The molecule has 10 N–H and O–H groups in total. The predicted molar refractivity (Wildman–Crippen MR) is 118 cm³/mol. The summed E-state index contributed by atoms with van der Waals surface area (Å²) in [5.74, 6) is -5.03. The molecule has 0 bridgehead atoms. The number of aliphatic carboxylic acids is 2. The Morgan fingerprint density at radius 1 is 0.818 bits per heavy atom. The number of nitrogens with two attached hydrogens (primary N) is 2. The van der Waals surface area contributed by atoms with Crippen LogP contribution in [0.2, 0.25) is 0 Å². The number of aliphatic hydroxyl groups is 1. The number of amides is 3. The molecule has 33 heavy (non-hydrogen) atoms. The summed E-state index contributed by atoms with van der Waals surface area (Å²) in [5.41, 5.74) is 11.2. The fourth-order valence-electron chi connectivity index (χ4n) is 2.89. The summed E-state index contributed by atoms with van der Waals surface area (Å²) in [6.45, 7) is 3.25. The summed E-state index contributed by atoms with van der Waals surface area (Å²) in [6, 6.07) is -4.91. The average Bonchev–Trinajstić information content (AvgIpc) is 2.73. The lowest BCUT2D eigenvalue weighted by molar-refractivity contribution is -0.143. The molecule has 0 fully saturated rings. The molecule has 0 saturated carbocycles. The zero-order chi connectivity index (χ0) is 25.6. The minimum Gasteiger partial charge on any atom is -0.481 e. The van der Waals surface area contributed by atoms with Crippen LogP contribution in [-0.2, 0) is 24.0 Å². The van der Waals surface area contributed by atoms with Crippen LogP contribution in [-0.4, -0.2) is 82.3 Å². The molecule has 0 aromatic rings. The van der Waals surface area contributed by atoms with E-state index >= 15 is 0 Å². The highest BCUT2D eigenvalue weighted by Gasteiger charge is 2.30. The third kappa shape index (κ3) is 12.7. The van der Waals surface area contributed by atoms with Gasteiger partial charge in [0.25, 0.3) is 0 Å². The Balaban J connectivity index is 5.19. The standard InChI is InChI=1S/C20H37N5O8/c1-11(2)9-14(18(30)23-13(20(32)33)6-7-16(27)28)24-19(31)15(10-26)25-17(29)12(22)5-3-4-8-21/h11-15,26H,3-10,21-22H2,1-2H3,(H,23,30)(H,24,31)(H,25,29)(H,27,28)(H,32,33). The van der Waals surface area contributed by atoms with Gasteiger partial charge in [-0.25, -0.2) is 4.79 Å². The van der Waals surface area contributed by atoms with Crippen molar-refractivity contribution in [1.82, 2.24) is 16.0 Å². The van der Waals surface area contributed by atoms with Crippen molar-refractivity contribution in [2.24, 2.45) is 17.4 Å². The summed E-state index contributed by atoms with van der Waals surface area (Å²) in [5, 5.41) is 34.5. The molecule has 0 radical (unpaired) electrons. The van der Waals surface area contributed by atoms with E-state index in [4.69, 9.17) is 16.6 Å². The molecule has 0 aromatic heterocycles. The summed E-state index contributed by atoms with van der Waals surface area (Å²) < 4.78 is 0. The number of carbonyl (C=O) groups is 5. The van der Waals surface area contributed by atoms with Gasteiger partial charge in [0.15, 0.2) is 0 Å². The molecule has 4 atom stereocenters. The number of carboxylic acids is 2. The normalized spacial score (nSPS) is 14.6. The molecule has 0 aliphatic rings. The molecule has 0 heterocycles. The first-order valence-electron chi connectivity index (χ1n) is 10.8. The highest BCUT2D eigenvalue weighted by Crippen LogP contribution is 2.08. The molecule has 190 valence electrons. The van der Waals surface area contributed by atoms with Gasteiger partial charge in [0.05, 0.1) is 12.6 Å². The quantitative estimate of drug-likeness (QED) is 0.106. The Hall–Kier alpha value is -2.77. The first kappa shape index (κ1) is 30.2. The lowest BCUT2D eigenvalue weighted by atomic mass is 10.0. The van der Waals surface area contributed by atoms with Crippen molar-refractivity contribution in [2.75, 3.05) is 13.2 Å². The van der Waals surface area contributed by atoms with Crippen LogP contribution in [0.1, 0.15) is 52.4 Å². The number of carbonyl (C=O) groups excluding carboxylic acids is 3. The van der Waals surface area contributed by atoms with Gasteiger partial charge in [-0.1, -0.05) is 20.3 Å². The summed E-state index contributed by atoms with van der Waals surface area (Å²) in [7, 11) is 0. The van der Waals surface area contributed by atoms with Crippen LogP contribution < -0.4 is 27.4 Å². The van der Waals surface area contributed by atoms with Gasteiger partial charge in [0.1, 0.15) is 18.1 Å². The van der Waals surface area contributed by atoms with Gasteiger partial charge >= 0.3 is 11.9 Å². The summed E-state index contributed by atoms with van der Waals surface area (Å²) in [4.78, 5) is 59.5. The third-order valence-electron chi connectivity index (χ3n) is 4.72. The van der Waals surface area contributed by atoms with E-state index in [9.17, 15) is 34.2 Å². The largest absolute Gasteiger partial charge is 0.481 e. The van der Waals surface area contributed by atoms with Gasteiger partial charge in [0.2, 0.25) is 17.7 Å². The Morgan fingerprint density at radius 3 is 1.85 bits per heavy atom. The smallest absolute Gasteiger partial charge is 0.326 e. The molecular weight excluding hydrogens is 438 g/mol. The van der Waals surface area contributed by atoms with Crippen molar-refractivity contribution in [3.8, 4) is 0 Å². The minimum atomic E-state index is -1.46. The Morgan fingerprint density at radius 2 is 1.36 bits per heavy atom. The molecule has 0 saturated heterocycles. The predicted octanol–water partition coefficient (Wildman–Crippen LogP) is -2.12. The van der Waals surface area contributed by atoms with Crippen molar-refractivity contribution < 1.29 is 39.3 Å². The first-order valence-corrected chi connectivity index (χ1v) is 10.8. The van der Waals surface area contributed by atoms with Crippen molar-refractivity contribution in [3.63, 3.8) is 0 Å². The second-order valence-corrected chi connectivity index (χ2v) is 8.16. The van der Waals surface area contributed by atoms with E-state index in [0.717, 1.165) is 0 Å². The van der Waals surface area contributed by atoms with Gasteiger partial charge in [-0.05, 0) is 38.1 Å². The highest BCUT2D eigenvalue weighted by molar-refractivity contribution is 5.94. The van der Waals surface area contributed by atoms with Crippen molar-refractivity contribution in [3.05, 3.63) is 0 Å². The van der Waals surface area contributed by atoms with Crippen LogP contribution in [0.25, 0.3) is 0 Å². The van der Waals surface area contributed by atoms with Crippen molar-refractivity contribution in [2.45, 2.75) is 76.5 Å². The van der Waals surface area contributed by atoms with E-state index in [1.54, 1.807) is 13.8 Å². The van der Waals surface area contributed by atoms with E-state index in [0.29, 0.717) is 25.8 Å². The van der Waals surface area contributed by atoms with Crippen molar-refractivity contribution in [1.29, 1.82) is 0 Å². The number of carboxylic acid groups (broad SMARTS) is 2. The number of unbranched alkanes of at least 4 members (excludes halogenated alkanes) is 1. The maximum atomic E-state index is 12.6. The third-order valence-corrected chi connectivity index (χ3v) is 4.72.